The largest absolute Gasteiger partial charge is 0.380 e. The van der Waals surface area contributed by atoms with Gasteiger partial charge in [0.05, 0.1) is 6.61 Å². The van der Waals surface area contributed by atoms with Gasteiger partial charge in [-0.2, -0.15) is 0 Å². The summed E-state index contributed by atoms with van der Waals surface area (Å²) in [5, 5.41) is 0. The zero-order chi connectivity index (χ0) is 14.4. The molecule has 0 aromatic heterocycles. The second kappa shape index (κ2) is 7.74. The number of hydrogen-bond acceptors (Lipinski definition) is 4. The lowest BCUT2D eigenvalue weighted by molar-refractivity contribution is 0.102. The van der Waals surface area contributed by atoms with Crippen LogP contribution in [0.5, 0.6) is 0 Å². The van der Waals surface area contributed by atoms with Crippen molar-refractivity contribution in [3.05, 3.63) is 35.4 Å². The maximum Gasteiger partial charge on any atom is 0.0713 e. The van der Waals surface area contributed by atoms with Gasteiger partial charge in [-0.1, -0.05) is 31.2 Å². The SMILES string of the molecule is CCN1CCN(C(CN)c2ccc(COC)cc2)CC1. The summed E-state index contributed by atoms with van der Waals surface area (Å²) in [5.41, 5.74) is 8.55. The highest BCUT2D eigenvalue weighted by Crippen LogP contribution is 2.21. The molecule has 1 aliphatic rings. The molecule has 20 heavy (non-hydrogen) atoms. The highest BCUT2D eigenvalue weighted by atomic mass is 16.5. The van der Waals surface area contributed by atoms with Crippen LogP contribution in [0.2, 0.25) is 0 Å². The van der Waals surface area contributed by atoms with Crippen LogP contribution in [0.4, 0.5) is 0 Å². The van der Waals surface area contributed by atoms with E-state index in [0.29, 0.717) is 19.2 Å². The molecule has 1 heterocycles. The van der Waals surface area contributed by atoms with Crippen LogP contribution < -0.4 is 5.73 Å². The second-order valence-corrected chi connectivity index (χ2v) is 5.40. The molecule has 4 heteroatoms. The van der Waals surface area contributed by atoms with E-state index in [1.165, 1.54) is 11.1 Å². The Morgan fingerprint density at radius 2 is 1.80 bits per heavy atom. The van der Waals surface area contributed by atoms with Crippen molar-refractivity contribution in [3.8, 4) is 0 Å². The molecule has 112 valence electrons. The third-order valence-corrected chi connectivity index (χ3v) is 4.19. The number of methoxy groups -OCH3 is 1. The van der Waals surface area contributed by atoms with Crippen LogP contribution in [-0.4, -0.2) is 56.2 Å². The molecular formula is C16H27N3O. The summed E-state index contributed by atoms with van der Waals surface area (Å²) in [6, 6.07) is 9.01. The van der Waals surface area contributed by atoms with Gasteiger partial charge in [-0.15, -0.1) is 0 Å². The van der Waals surface area contributed by atoms with Gasteiger partial charge in [-0.05, 0) is 17.7 Å². The highest BCUT2D eigenvalue weighted by Gasteiger charge is 2.23. The van der Waals surface area contributed by atoms with Gasteiger partial charge in [-0.25, -0.2) is 0 Å². The topological polar surface area (TPSA) is 41.7 Å². The predicted octanol–water partition coefficient (Wildman–Crippen LogP) is 1.47. The summed E-state index contributed by atoms with van der Waals surface area (Å²) in [5.74, 6) is 0. The maximum atomic E-state index is 6.02. The number of nitrogens with two attached hydrogens (primary N) is 1. The van der Waals surface area contributed by atoms with E-state index in [1.54, 1.807) is 7.11 Å². The Balaban J connectivity index is 2.00. The quantitative estimate of drug-likeness (QED) is 0.855. The van der Waals surface area contributed by atoms with E-state index in [4.69, 9.17) is 10.5 Å². The predicted molar refractivity (Wildman–Crippen MR) is 82.6 cm³/mol. The van der Waals surface area contributed by atoms with Crippen LogP contribution in [-0.2, 0) is 11.3 Å². The number of hydrogen-bond donors (Lipinski definition) is 1. The lowest BCUT2D eigenvalue weighted by atomic mass is 10.0. The van der Waals surface area contributed by atoms with Gasteiger partial charge in [0.25, 0.3) is 0 Å². The molecule has 2 N–H and O–H groups in total. The van der Waals surface area contributed by atoms with E-state index in [2.05, 4.69) is 41.0 Å². The summed E-state index contributed by atoms with van der Waals surface area (Å²) in [4.78, 5) is 5.00. The molecule has 1 fully saturated rings. The van der Waals surface area contributed by atoms with Crippen LogP contribution in [0.15, 0.2) is 24.3 Å². The van der Waals surface area contributed by atoms with E-state index in [-0.39, 0.29) is 0 Å². The third kappa shape index (κ3) is 3.79. The molecule has 4 nitrogen and oxygen atoms in total. The minimum absolute atomic E-state index is 0.339. The molecule has 0 bridgehead atoms. The van der Waals surface area contributed by atoms with Gasteiger partial charge in [0.2, 0.25) is 0 Å². The second-order valence-electron chi connectivity index (χ2n) is 5.40. The molecule has 1 unspecified atom stereocenters. The average molecular weight is 277 g/mol. The molecule has 0 saturated carbocycles. The van der Waals surface area contributed by atoms with Crippen LogP contribution in [0.25, 0.3) is 0 Å². The molecular weight excluding hydrogens is 250 g/mol. The fourth-order valence-corrected chi connectivity index (χ4v) is 2.89. The Kier molecular flexibility index (Phi) is 5.98. The van der Waals surface area contributed by atoms with Crippen molar-refractivity contribution in [3.63, 3.8) is 0 Å². The zero-order valence-corrected chi connectivity index (χ0v) is 12.7. The smallest absolute Gasteiger partial charge is 0.0713 e. The Morgan fingerprint density at radius 3 is 2.30 bits per heavy atom. The van der Waals surface area contributed by atoms with Gasteiger partial charge in [0, 0.05) is 45.9 Å². The number of benzene rings is 1. The monoisotopic (exact) mass is 277 g/mol. The summed E-state index contributed by atoms with van der Waals surface area (Å²) in [7, 11) is 1.73. The minimum Gasteiger partial charge on any atom is -0.380 e. The summed E-state index contributed by atoms with van der Waals surface area (Å²) < 4.78 is 5.15. The molecule has 1 saturated heterocycles. The Hall–Kier alpha value is -0.940. The molecule has 1 aromatic rings. The Bertz CT molecular complexity index is 385. The standard InChI is InChI=1S/C16H27N3O/c1-3-18-8-10-19(11-9-18)16(12-17)15-6-4-14(5-7-15)13-20-2/h4-7,16H,3,8-13,17H2,1-2H3. The molecule has 1 aromatic carbocycles. The Morgan fingerprint density at radius 1 is 1.15 bits per heavy atom. The van der Waals surface area contributed by atoms with Crippen LogP contribution in [0.3, 0.4) is 0 Å². The van der Waals surface area contributed by atoms with Gasteiger partial charge >= 0.3 is 0 Å². The molecule has 1 atom stereocenters. The average Bonchev–Trinajstić information content (AvgIpc) is 2.51. The number of piperazine rings is 1. The van der Waals surface area contributed by atoms with Crippen molar-refractivity contribution in [1.29, 1.82) is 0 Å². The van der Waals surface area contributed by atoms with E-state index in [1.807, 2.05) is 0 Å². The summed E-state index contributed by atoms with van der Waals surface area (Å²) in [6.07, 6.45) is 0. The van der Waals surface area contributed by atoms with Crippen molar-refractivity contribution < 1.29 is 4.74 Å². The maximum absolute atomic E-state index is 6.02. The van der Waals surface area contributed by atoms with Crippen LogP contribution in [0, 0.1) is 0 Å². The minimum atomic E-state index is 0.339. The Labute approximate surface area is 122 Å². The highest BCUT2D eigenvalue weighted by molar-refractivity contribution is 5.25. The third-order valence-electron chi connectivity index (χ3n) is 4.19. The lowest BCUT2D eigenvalue weighted by Crippen LogP contribution is -2.48. The van der Waals surface area contributed by atoms with Gasteiger partial charge in [0.1, 0.15) is 0 Å². The number of nitrogens with zero attached hydrogens (tertiary/aromatic N) is 2. The molecule has 1 aliphatic heterocycles. The van der Waals surface area contributed by atoms with Gasteiger partial charge in [0.15, 0.2) is 0 Å². The molecule has 0 spiro atoms. The van der Waals surface area contributed by atoms with Crippen molar-refractivity contribution in [1.82, 2.24) is 9.80 Å². The summed E-state index contributed by atoms with van der Waals surface area (Å²) in [6.45, 7) is 9.23. The molecule has 0 aliphatic carbocycles. The van der Waals surface area contributed by atoms with E-state index < -0.39 is 0 Å². The molecule has 0 amide bonds. The first kappa shape index (κ1) is 15.4. The fraction of sp³-hybridized carbons (Fsp3) is 0.625. The first-order valence-corrected chi connectivity index (χ1v) is 7.52. The molecule has 2 rings (SSSR count). The fourth-order valence-electron chi connectivity index (χ4n) is 2.89. The zero-order valence-electron chi connectivity index (χ0n) is 12.7. The van der Waals surface area contributed by atoms with Crippen LogP contribution >= 0.6 is 0 Å². The first-order valence-electron chi connectivity index (χ1n) is 7.52. The van der Waals surface area contributed by atoms with Gasteiger partial charge < -0.3 is 15.4 Å². The van der Waals surface area contributed by atoms with E-state index in [0.717, 1.165) is 32.7 Å². The van der Waals surface area contributed by atoms with E-state index in [9.17, 15) is 0 Å². The van der Waals surface area contributed by atoms with E-state index >= 15 is 0 Å². The number of rotatable bonds is 6. The number of ether oxygens (including phenoxy) is 1. The summed E-state index contributed by atoms with van der Waals surface area (Å²) >= 11 is 0. The number of likely N-dealkylation sites (N-methyl/N-ethyl adjacent to an activating group) is 1. The van der Waals surface area contributed by atoms with Crippen molar-refractivity contribution in [2.45, 2.75) is 19.6 Å². The normalized spacial score (nSPS) is 19.1. The first-order chi connectivity index (χ1) is 9.78. The van der Waals surface area contributed by atoms with Crippen molar-refractivity contribution in [2.75, 3.05) is 46.4 Å². The molecule has 0 radical (unpaired) electrons. The van der Waals surface area contributed by atoms with Crippen LogP contribution in [0.1, 0.15) is 24.1 Å². The van der Waals surface area contributed by atoms with Crippen molar-refractivity contribution >= 4 is 0 Å². The van der Waals surface area contributed by atoms with Crippen molar-refractivity contribution in [2.24, 2.45) is 5.73 Å². The van der Waals surface area contributed by atoms with Gasteiger partial charge in [-0.3, -0.25) is 4.90 Å². The lowest BCUT2D eigenvalue weighted by Gasteiger charge is -2.38.